The molecule has 0 aliphatic heterocycles. The van der Waals surface area contributed by atoms with Gasteiger partial charge >= 0.3 is 6.09 Å². The lowest BCUT2D eigenvalue weighted by molar-refractivity contribution is -0.0736. The van der Waals surface area contributed by atoms with Gasteiger partial charge in [0.25, 0.3) is 0 Å². The van der Waals surface area contributed by atoms with Crippen LogP contribution >= 0.6 is 0 Å². The lowest BCUT2D eigenvalue weighted by Gasteiger charge is -2.24. The van der Waals surface area contributed by atoms with Crippen LogP contribution in [-0.4, -0.2) is 70.1 Å². The van der Waals surface area contributed by atoms with E-state index in [1.165, 1.54) is 193 Å². The summed E-state index contributed by atoms with van der Waals surface area (Å²) in [6.07, 6.45) is 44.6. The standard InChI is InChI=1S/C51H103NO6/c1-7-10-12-14-16-18-20-22-24-26-28-30-32-34-36-38-42-54-45-49(46-57-50(53)52-41-40-44-55-48(9-3)47-58-51(4,5)6)56-43-39-37-35-33-31-29-27-25-23-21-19-17-15-13-11-8-2/h48-49H,7-47H2,1-6H3,(H,52,53). The van der Waals surface area contributed by atoms with E-state index in [0.29, 0.717) is 33.0 Å². The molecular weight excluding hydrogens is 723 g/mol. The Morgan fingerprint density at radius 1 is 0.431 bits per heavy atom. The lowest BCUT2D eigenvalue weighted by Crippen LogP contribution is -2.33. The highest BCUT2D eigenvalue weighted by molar-refractivity contribution is 5.67. The molecule has 0 aromatic heterocycles. The van der Waals surface area contributed by atoms with Crippen LogP contribution in [0.15, 0.2) is 0 Å². The maximum atomic E-state index is 12.5. The Hall–Kier alpha value is -0.890. The highest BCUT2D eigenvalue weighted by atomic mass is 16.6. The number of alkyl carbamates (subject to hydrolysis) is 1. The van der Waals surface area contributed by atoms with Crippen molar-refractivity contribution in [3.63, 3.8) is 0 Å². The molecule has 0 aliphatic carbocycles. The second kappa shape index (κ2) is 45.6. The van der Waals surface area contributed by atoms with E-state index < -0.39 is 6.09 Å². The van der Waals surface area contributed by atoms with Crippen molar-refractivity contribution in [2.45, 2.75) is 278 Å². The fourth-order valence-corrected chi connectivity index (χ4v) is 7.37. The second-order valence-corrected chi connectivity index (χ2v) is 18.4. The van der Waals surface area contributed by atoms with Gasteiger partial charge in [0.15, 0.2) is 0 Å². The van der Waals surface area contributed by atoms with Crippen molar-refractivity contribution >= 4 is 6.09 Å². The summed E-state index contributed by atoms with van der Waals surface area (Å²) in [6.45, 7) is 16.6. The number of hydrogen-bond acceptors (Lipinski definition) is 6. The summed E-state index contributed by atoms with van der Waals surface area (Å²) in [5.74, 6) is 0. The molecule has 0 radical (unpaired) electrons. The van der Waals surface area contributed by atoms with Gasteiger partial charge in [-0.3, -0.25) is 0 Å². The Kier molecular flexibility index (Phi) is 44.9. The predicted octanol–water partition coefficient (Wildman–Crippen LogP) is 15.6. The van der Waals surface area contributed by atoms with Crippen LogP contribution in [0.1, 0.15) is 260 Å². The van der Waals surface area contributed by atoms with Crippen LogP contribution in [0.2, 0.25) is 0 Å². The average Bonchev–Trinajstić information content (AvgIpc) is 3.20. The van der Waals surface area contributed by atoms with E-state index in [2.05, 4.69) is 46.9 Å². The molecule has 0 rings (SSSR count). The van der Waals surface area contributed by atoms with Crippen molar-refractivity contribution < 1.29 is 28.5 Å². The Morgan fingerprint density at radius 2 is 0.793 bits per heavy atom. The van der Waals surface area contributed by atoms with Gasteiger partial charge < -0.3 is 29.0 Å². The van der Waals surface area contributed by atoms with E-state index in [1.54, 1.807) is 0 Å². The molecule has 1 amide bonds. The van der Waals surface area contributed by atoms with Crippen LogP contribution < -0.4 is 5.32 Å². The molecule has 0 saturated carbocycles. The van der Waals surface area contributed by atoms with Crippen molar-refractivity contribution in [1.29, 1.82) is 0 Å². The number of carbonyl (C=O) groups is 1. The molecule has 0 aromatic rings. The fraction of sp³-hybridized carbons (Fsp3) is 0.980. The third-order valence-corrected chi connectivity index (χ3v) is 11.3. The predicted molar refractivity (Wildman–Crippen MR) is 249 cm³/mol. The molecule has 2 atom stereocenters. The summed E-state index contributed by atoms with van der Waals surface area (Å²) in [7, 11) is 0. The van der Waals surface area contributed by atoms with Gasteiger partial charge in [-0.05, 0) is 46.5 Å². The van der Waals surface area contributed by atoms with Gasteiger partial charge in [-0.1, -0.05) is 213 Å². The zero-order valence-electron chi connectivity index (χ0n) is 40.1. The number of ether oxygens (including phenoxy) is 5. The summed E-state index contributed by atoms with van der Waals surface area (Å²) in [5.41, 5.74) is -0.175. The van der Waals surface area contributed by atoms with Crippen LogP contribution in [-0.2, 0) is 23.7 Å². The molecule has 0 aromatic carbocycles. The monoisotopic (exact) mass is 826 g/mol. The lowest BCUT2D eigenvalue weighted by atomic mass is 10.0. The smallest absolute Gasteiger partial charge is 0.407 e. The Labute approximate surface area is 362 Å². The Balaban J connectivity index is 4.17. The van der Waals surface area contributed by atoms with Crippen molar-refractivity contribution in [3.05, 3.63) is 0 Å². The van der Waals surface area contributed by atoms with Gasteiger partial charge in [-0.2, -0.15) is 0 Å². The largest absolute Gasteiger partial charge is 0.447 e. The van der Waals surface area contributed by atoms with Crippen LogP contribution in [0.25, 0.3) is 0 Å². The van der Waals surface area contributed by atoms with Crippen molar-refractivity contribution in [2.24, 2.45) is 0 Å². The van der Waals surface area contributed by atoms with Gasteiger partial charge in [0.2, 0.25) is 0 Å². The Morgan fingerprint density at radius 3 is 1.19 bits per heavy atom. The van der Waals surface area contributed by atoms with E-state index in [4.69, 9.17) is 23.7 Å². The van der Waals surface area contributed by atoms with Gasteiger partial charge in [0, 0.05) is 26.4 Å². The molecule has 0 fully saturated rings. The highest BCUT2D eigenvalue weighted by Gasteiger charge is 2.16. The number of hydrogen-bond donors (Lipinski definition) is 1. The molecule has 0 heterocycles. The first-order valence-electron chi connectivity index (χ1n) is 25.7. The minimum atomic E-state index is -0.406. The first-order valence-corrected chi connectivity index (χ1v) is 25.7. The zero-order chi connectivity index (χ0) is 42.5. The van der Waals surface area contributed by atoms with Crippen LogP contribution in [0.3, 0.4) is 0 Å². The van der Waals surface area contributed by atoms with E-state index in [-0.39, 0.29) is 24.4 Å². The summed E-state index contributed by atoms with van der Waals surface area (Å²) >= 11 is 0. The van der Waals surface area contributed by atoms with E-state index in [9.17, 15) is 4.79 Å². The first kappa shape index (κ1) is 57.1. The topological polar surface area (TPSA) is 75.3 Å². The third-order valence-electron chi connectivity index (χ3n) is 11.3. The molecule has 1 N–H and O–H groups in total. The van der Waals surface area contributed by atoms with Crippen LogP contribution in [0.4, 0.5) is 4.79 Å². The Bertz CT molecular complexity index is 804. The quantitative estimate of drug-likeness (QED) is 0.0616. The SMILES string of the molecule is CCCCCCCCCCCCCCCCCCOCC(COC(=O)NCCCOC(CC)COC(C)(C)C)OCCCCCCCCCCCCCCCCCC. The molecule has 58 heavy (non-hydrogen) atoms. The van der Waals surface area contributed by atoms with E-state index in [0.717, 1.165) is 32.3 Å². The van der Waals surface area contributed by atoms with E-state index in [1.807, 2.05) is 0 Å². The molecule has 0 bridgehead atoms. The minimum absolute atomic E-state index is 0.0673. The summed E-state index contributed by atoms with van der Waals surface area (Å²) in [6, 6.07) is 0. The minimum Gasteiger partial charge on any atom is -0.447 e. The number of nitrogens with one attached hydrogen (secondary N) is 1. The molecule has 2 unspecified atom stereocenters. The van der Waals surface area contributed by atoms with E-state index >= 15 is 0 Å². The molecule has 0 saturated heterocycles. The molecule has 7 heteroatoms. The number of unbranched alkanes of at least 4 members (excludes halogenated alkanes) is 30. The summed E-state index contributed by atoms with van der Waals surface area (Å²) in [5, 5.41) is 2.87. The molecule has 0 aliphatic rings. The molecule has 0 spiro atoms. The first-order chi connectivity index (χ1) is 28.3. The van der Waals surface area contributed by atoms with Crippen LogP contribution in [0.5, 0.6) is 0 Å². The highest BCUT2D eigenvalue weighted by Crippen LogP contribution is 2.16. The van der Waals surface area contributed by atoms with Crippen molar-refractivity contribution in [2.75, 3.05) is 46.2 Å². The number of rotatable bonds is 47. The number of carbonyl (C=O) groups excluding carboxylic acids is 1. The van der Waals surface area contributed by atoms with Gasteiger partial charge in [-0.15, -0.1) is 0 Å². The maximum absolute atomic E-state index is 12.5. The van der Waals surface area contributed by atoms with Crippen molar-refractivity contribution in [3.8, 4) is 0 Å². The molecule has 7 nitrogen and oxygen atoms in total. The second-order valence-electron chi connectivity index (χ2n) is 18.4. The zero-order valence-corrected chi connectivity index (χ0v) is 40.1. The van der Waals surface area contributed by atoms with Crippen molar-refractivity contribution in [1.82, 2.24) is 5.32 Å². The molecule has 348 valence electrons. The fourth-order valence-electron chi connectivity index (χ4n) is 7.37. The van der Waals surface area contributed by atoms with Gasteiger partial charge in [0.05, 0.1) is 24.9 Å². The summed E-state index contributed by atoms with van der Waals surface area (Å²) in [4.78, 5) is 12.5. The normalized spacial score (nSPS) is 12.9. The van der Waals surface area contributed by atoms with Gasteiger partial charge in [-0.25, -0.2) is 4.79 Å². The van der Waals surface area contributed by atoms with Crippen LogP contribution in [0, 0.1) is 0 Å². The average molecular weight is 826 g/mol. The summed E-state index contributed by atoms with van der Waals surface area (Å²) < 4.78 is 29.7. The van der Waals surface area contributed by atoms with Gasteiger partial charge in [0.1, 0.15) is 12.7 Å². The third kappa shape index (κ3) is 46.2. The molecular formula is C51H103NO6. The number of amides is 1. The maximum Gasteiger partial charge on any atom is 0.407 e.